The number of ether oxygens (including phenoxy) is 3. The van der Waals surface area contributed by atoms with E-state index in [1.807, 2.05) is 20.8 Å². The molecule has 0 N–H and O–H groups in total. The van der Waals surface area contributed by atoms with Gasteiger partial charge in [-0.2, -0.15) is 13.2 Å². The standard InChI is InChI=1S/C25H32F3N3O4S/c1-16(2)34-19-6-5-18(11-20(19)33-4)23(32)31-9-7-24(8-10-31)14-30(15-25(26,27)28)13-21(35-24)22-29-12-17(3)36-22/h5-6,11-12,16,21H,7-10,13-15H2,1-4H3. The number of likely N-dealkylation sites (tertiary alicyclic amines) is 1. The van der Waals surface area contributed by atoms with Crippen molar-refractivity contribution in [3.63, 3.8) is 0 Å². The number of morpholine rings is 1. The van der Waals surface area contributed by atoms with Crippen LogP contribution in [-0.4, -0.2) is 78.4 Å². The number of aromatic nitrogens is 1. The minimum absolute atomic E-state index is 0.0386. The van der Waals surface area contributed by atoms with E-state index >= 15 is 0 Å². The van der Waals surface area contributed by atoms with Gasteiger partial charge in [0.05, 0.1) is 25.4 Å². The Morgan fingerprint density at radius 3 is 2.58 bits per heavy atom. The van der Waals surface area contributed by atoms with Crippen molar-refractivity contribution in [3.8, 4) is 11.5 Å². The highest BCUT2D eigenvalue weighted by atomic mass is 32.1. The molecule has 1 unspecified atom stereocenters. The van der Waals surface area contributed by atoms with E-state index < -0.39 is 24.4 Å². The highest BCUT2D eigenvalue weighted by molar-refractivity contribution is 7.11. The van der Waals surface area contributed by atoms with Gasteiger partial charge in [-0.25, -0.2) is 4.98 Å². The number of carbonyl (C=O) groups excluding carboxylic acids is 1. The summed E-state index contributed by atoms with van der Waals surface area (Å²) < 4.78 is 57.4. The molecule has 1 amide bonds. The molecular formula is C25H32F3N3O4S. The van der Waals surface area contributed by atoms with Crippen LogP contribution >= 0.6 is 11.3 Å². The Balaban J connectivity index is 1.47. The molecular weight excluding hydrogens is 495 g/mol. The van der Waals surface area contributed by atoms with Crippen molar-refractivity contribution in [1.29, 1.82) is 0 Å². The predicted octanol–water partition coefficient (Wildman–Crippen LogP) is 4.86. The first kappa shape index (κ1) is 26.7. The first-order valence-corrected chi connectivity index (χ1v) is 12.8. The summed E-state index contributed by atoms with van der Waals surface area (Å²) in [5, 5.41) is 0.688. The molecule has 2 saturated heterocycles. The fourth-order valence-electron chi connectivity index (χ4n) is 4.83. The number of alkyl halides is 3. The number of piperidine rings is 1. The second kappa shape index (κ2) is 10.5. The third-order valence-electron chi connectivity index (χ3n) is 6.38. The number of halogens is 3. The van der Waals surface area contributed by atoms with E-state index in [0.717, 1.165) is 4.88 Å². The number of amides is 1. The Hall–Kier alpha value is -2.37. The van der Waals surface area contributed by atoms with Crippen LogP contribution in [0, 0.1) is 6.92 Å². The van der Waals surface area contributed by atoms with Crippen LogP contribution in [0.25, 0.3) is 0 Å². The zero-order valence-corrected chi connectivity index (χ0v) is 21.7. The maximum Gasteiger partial charge on any atom is 0.401 e. The molecule has 1 aromatic heterocycles. The van der Waals surface area contributed by atoms with Crippen LogP contribution in [0.1, 0.15) is 53.0 Å². The predicted molar refractivity (Wildman–Crippen MR) is 130 cm³/mol. The Labute approximate surface area is 213 Å². The molecule has 7 nitrogen and oxygen atoms in total. The van der Waals surface area contributed by atoms with Gasteiger partial charge in [-0.15, -0.1) is 11.3 Å². The summed E-state index contributed by atoms with van der Waals surface area (Å²) in [7, 11) is 1.52. The largest absolute Gasteiger partial charge is 0.493 e. The zero-order valence-electron chi connectivity index (χ0n) is 20.9. The Kier molecular flexibility index (Phi) is 7.82. The van der Waals surface area contributed by atoms with Crippen molar-refractivity contribution in [2.45, 2.75) is 57.6 Å². The lowest BCUT2D eigenvalue weighted by atomic mass is 9.88. The summed E-state index contributed by atoms with van der Waals surface area (Å²) in [4.78, 5) is 21.7. The van der Waals surface area contributed by atoms with Crippen molar-refractivity contribution in [2.24, 2.45) is 0 Å². The van der Waals surface area contributed by atoms with E-state index in [4.69, 9.17) is 14.2 Å². The average molecular weight is 528 g/mol. The summed E-state index contributed by atoms with van der Waals surface area (Å²) in [6.07, 6.45) is -2.27. The van der Waals surface area contributed by atoms with Crippen molar-refractivity contribution in [1.82, 2.24) is 14.8 Å². The van der Waals surface area contributed by atoms with Gasteiger partial charge in [-0.1, -0.05) is 0 Å². The van der Waals surface area contributed by atoms with E-state index in [0.29, 0.717) is 48.0 Å². The molecule has 0 bridgehead atoms. The number of hydrogen-bond donors (Lipinski definition) is 0. The lowest BCUT2D eigenvalue weighted by Gasteiger charge is -2.49. The topological polar surface area (TPSA) is 64.1 Å². The van der Waals surface area contributed by atoms with Crippen LogP contribution in [0.4, 0.5) is 13.2 Å². The summed E-state index contributed by atoms with van der Waals surface area (Å²) in [5.74, 6) is 0.878. The highest BCUT2D eigenvalue weighted by Gasteiger charge is 2.47. The first-order chi connectivity index (χ1) is 17.0. The Bertz CT molecular complexity index is 1070. The van der Waals surface area contributed by atoms with Crippen LogP contribution in [0.5, 0.6) is 11.5 Å². The molecule has 11 heteroatoms. The number of aryl methyl sites for hydroxylation is 1. The number of rotatable bonds is 6. The van der Waals surface area contributed by atoms with Crippen LogP contribution in [-0.2, 0) is 4.74 Å². The summed E-state index contributed by atoms with van der Waals surface area (Å²) in [6.45, 7) is 5.81. The van der Waals surface area contributed by atoms with E-state index in [1.54, 1.807) is 29.3 Å². The molecule has 2 aliphatic heterocycles. The third-order valence-corrected chi connectivity index (χ3v) is 7.39. The molecule has 0 aliphatic carbocycles. The SMILES string of the molecule is COc1cc(C(=O)N2CCC3(CC2)CN(CC(F)(F)F)CC(c2ncc(C)s2)O3)ccc1OC(C)C. The van der Waals surface area contributed by atoms with Gasteiger partial charge >= 0.3 is 6.18 Å². The van der Waals surface area contributed by atoms with Gasteiger partial charge in [0.25, 0.3) is 5.91 Å². The Morgan fingerprint density at radius 1 is 1.28 bits per heavy atom. The lowest BCUT2D eigenvalue weighted by Crippen LogP contribution is -2.59. The highest BCUT2D eigenvalue weighted by Crippen LogP contribution is 2.40. The molecule has 198 valence electrons. The minimum Gasteiger partial charge on any atom is -0.493 e. The molecule has 1 atom stereocenters. The minimum atomic E-state index is -4.30. The number of methoxy groups -OCH3 is 1. The zero-order chi connectivity index (χ0) is 26.1. The smallest absolute Gasteiger partial charge is 0.401 e. The van der Waals surface area contributed by atoms with Crippen LogP contribution in [0.3, 0.4) is 0 Å². The molecule has 1 aromatic carbocycles. The molecule has 0 saturated carbocycles. The van der Waals surface area contributed by atoms with E-state index in [2.05, 4.69) is 4.98 Å². The number of nitrogens with zero attached hydrogens (tertiary/aromatic N) is 3. The van der Waals surface area contributed by atoms with Gasteiger partial charge in [0.2, 0.25) is 0 Å². The number of carbonyl (C=O) groups is 1. The molecule has 2 fully saturated rings. The van der Waals surface area contributed by atoms with Crippen LogP contribution < -0.4 is 9.47 Å². The van der Waals surface area contributed by atoms with E-state index in [1.165, 1.54) is 23.3 Å². The van der Waals surface area contributed by atoms with E-state index in [-0.39, 0.29) is 25.1 Å². The third kappa shape index (κ3) is 6.30. The number of benzene rings is 1. The fourth-order valence-corrected chi connectivity index (χ4v) is 5.63. The second-order valence-corrected chi connectivity index (χ2v) is 11.0. The summed E-state index contributed by atoms with van der Waals surface area (Å²) in [5.41, 5.74) is -0.296. The maximum absolute atomic E-state index is 13.3. The normalized spacial score (nSPS) is 20.7. The van der Waals surface area contributed by atoms with Crippen molar-refractivity contribution in [2.75, 3.05) is 39.8 Å². The molecule has 4 rings (SSSR count). The fraction of sp³-hybridized carbons (Fsp3) is 0.600. The Morgan fingerprint density at radius 2 is 2.00 bits per heavy atom. The van der Waals surface area contributed by atoms with Crippen molar-refractivity contribution in [3.05, 3.63) is 39.8 Å². The monoisotopic (exact) mass is 527 g/mol. The lowest BCUT2D eigenvalue weighted by molar-refractivity contribution is -0.205. The number of hydrogen-bond acceptors (Lipinski definition) is 7. The second-order valence-electron chi connectivity index (χ2n) is 9.71. The average Bonchev–Trinajstić information content (AvgIpc) is 3.24. The number of thiazole rings is 1. The molecule has 3 heterocycles. The maximum atomic E-state index is 13.3. The summed E-state index contributed by atoms with van der Waals surface area (Å²) in [6, 6.07) is 5.08. The first-order valence-electron chi connectivity index (χ1n) is 12.0. The van der Waals surface area contributed by atoms with E-state index in [9.17, 15) is 18.0 Å². The molecule has 2 aliphatic rings. The molecule has 0 radical (unpaired) electrons. The molecule has 36 heavy (non-hydrogen) atoms. The summed E-state index contributed by atoms with van der Waals surface area (Å²) >= 11 is 1.44. The van der Waals surface area contributed by atoms with Crippen LogP contribution in [0.2, 0.25) is 0 Å². The van der Waals surface area contributed by atoms with Gasteiger partial charge in [-0.05, 0) is 51.8 Å². The quantitative estimate of drug-likeness (QED) is 0.535. The molecule has 2 aromatic rings. The van der Waals surface area contributed by atoms with Crippen molar-refractivity contribution >= 4 is 17.2 Å². The van der Waals surface area contributed by atoms with Crippen molar-refractivity contribution < 1.29 is 32.2 Å². The van der Waals surface area contributed by atoms with Gasteiger partial charge < -0.3 is 19.1 Å². The van der Waals surface area contributed by atoms with Gasteiger partial charge in [0.15, 0.2) is 11.5 Å². The van der Waals surface area contributed by atoms with Gasteiger partial charge in [0.1, 0.15) is 11.1 Å². The van der Waals surface area contributed by atoms with Crippen LogP contribution in [0.15, 0.2) is 24.4 Å². The van der Waals surface area contributed by atoms with Gasteiger partial charge in [0, 0.05) is 42.8 Å². The van der Waals surface area contributed by atoms with Gasteiger partial charge in [-0.3, -0.25) is 9.69 Å². The molecule has 1 spiro atoms.